The summed E-state index contributed by atoms with van der Waals surface area (Å²) in [6.45, 7) is 0. The van der Waals surface area contributed by atoms with E-state index < -0.39 is 17.8 Å². The highest BCUT2D eigenvalue weighted by atomic mass is 19.4. The normalized spacial score (nSPS) is 13.4. The Labute approximate surface area is 113 Å². The number of aromatic nitrogens is 2. The zero-order chi connectivity index (χ0) is 14.9. The van der Waals surface area contributed by atoms with E-state index >= 15 is 0 Å². The molecule has 0 saturated heterocycles. The van der Waals surface area contributed by atoms with E-state index in [1.54, 1.807) is 17.8 Å². The molecule has 0 aliphatic heterocycles. The summed E-state index contributed by atoms with van der Waals surface area (Å²) in [5.74, 6) is 5.92. The van der Waals surface area contributed by atoms with Gasteiger partial charge >= 0.3 is 6.18 Å². The lowest BCUT2D eigenvalue weighted by molar-refractivity contribution is -0.137. The molecule has 2 aromatic rings. The van der Waals surface area contributed by atoms with Gasteiger partial charge in [-0.2, -0.15) is 13.2 Å². The van der Waals surface area contributed by atoms with E-state index in [-0.39, 0.29) is 11.3 Å². The average molecular weight is 285 g/mol. The molecule has 0 spiro atoms. The fourth-order valence-corrected chi connectivity index (χ4v) is 1.96. The van der Waals surface area contributed by atoms with E-state index in [2.05, 4.69) is 10.4 Å². The monoisotopic (exact) mass is 285 g/mol. The van der Waals surface area contributed by atoms with Crippen LogP contribution in [0.4, 0.5) is 18.9 Å². The Hall–Kier alpha value is -2.06. The fourth-order valence-electron chi connectivity index (χ4n) is 1.96. The molecular weight excluding hydrogens is 271 g/mol. The first-order chi connectivity index (χ1) is 9.34. The van der Waals surface area contributed by atoms with Crippen molar-refractivity contribution in [1.29, 1.82) is 0 Å². The number of imidazole rings is 1. The lowest BCUT2D eigenvalue weighted by Crippen LogP contribution is -2.31. The van der Waals surface area contributed by atoms with Crippen molar-refractivity contribution in [3.63, 3.8) is 0 Å². The summed E-state index contributed by atoms with van der Waals surface area (Å²) in [6.07, 6.45) is -1.24. The van der Waals surface area contributed by atoms with Crippen molar-refractivity contribution in [1.82, 2.24) is 15.0 Å². The van der Waals surface area contributed by atoms with Gasteiger partial charge < -0.3 is 10.3 Å². The van der Waals surface area contributed by atoms with E-state index in [4.69, 9.17) is 11.6 Å². The molecular formula is C12H14F3N5. The van der Waals surface area contributed by atoms with Gasteiger partial charge in [0.15, 0.2) is 0 Å². The minimum atomic E-state index is -4.44. The van der Waals surface area contributed by atoms with E-state index in [0.29, 0.717) is 5.82 Å². The van der Waals surface area contributed by atoms with Crippen LogP contribution in [0.3, 0.4) is 0 Å². The van der Waals surface area contributed by atoms with Crippen LogP contribution in [0.15, 0.2) is 30.6 Å². The molecule has 1 aromatic heterocycles. The molecule has 0 aliphatic carbocycles. The highest BCUT2D eigenvalue weighted by molar-refractivity contribution is 5.52. The van der Waals surface area contributed by atoms with Crippen molar-refractivity contribution in [2.45, 2.75) is 12.2 Å². The first-order valence-corrected chi connectivity index (χ1v) is 5.74. The maximum absolute atomic E-state index is 12.8. The largest absolute Gasteiger partial charge is 0.416 e. The highest BCUT2D eigenvalue weighted by Gasteiger charge is 2.32. The molecule has 108 valence electrons. The topological polar surface area (TPSA) is 81.9 Å². The zero-order valence-corrected chi connectivity index (χ0v) is 10.6. The molecule has 20 heavy (non-hydrogen) atoms. The molecule has 0 bridgehead atoms. The van der Waals surface area contributed by atoms with Gasteiger partial charge in [0.1, 0.15) is 11.9 Å². The SMILES string of the molecule is Cn1ccnc1C(NN)c1cc(C(F)(F)F)ccc1N. The number of benzene rings is 1. The number of aryl methyl sites for hydroxylation is 1. The van der Waals surface area contributed by atoms with Crippen LogP contribution in [0, 0.1) is 0 Å². The molecule has 5 nitrogen and oxygen atoms in total. The third kappa shape index (κ3) is 2.61. The number of nitrogen functional groups attached to an aromatic ring is 1. The second-order valence-corrected chi connectivity index (χ2v) is 4.34. The summed E-state index contributed by atoms with van der Waals surface area (Å²) in [4.78, 5) is 4.08. The van der Waals surface area contributed by atoms with Crippen molar-refractivity contribution >= 4 is 5.69 Å². The van der Waals surface area contributed by atoms with Gasteiger partial charge in [0, 0.05) is 30.7 Å². The van der Waals surface area contributed by atoms with Gasteiger partial charge in [0.05, 0.1) is 5.56 Å². The smallest absolute Gasteiger partial charge is 0.398 e. The number of hydrazine groups is 1. The Morgan fingerprint density at radius 2 is 2.05 bits per heavy atom. The van der Waals surface area contributed by atoms with Crippen molar-refractivity contribution in [2.75, 3.05) is 5.73 Å². The first kappa shape index (κ1) is 14.4. The second kappa shape index (κ2) is 5.14. The molecule has 0 amide bonds. The number of nitrogens with zero attached hydrogens (tertiary/aromatic N) is 2. The molecule has 0 radical (unpaired) electrons. The molecule has 0 saturated carbocycles. The van der Waals surface area contributed by atoms with Gasteiger partial charge in [-0.15, -0.1) is 0 Å². The Morgan fingerprint density at radius 3 is 2.55 bits per heavy atom. The molecule has 1 atom stereocenters. The molecule has 2 rings (SSSR count). The predicted octanol–water partition coefficient (Wildman–Crippen LogP) is 1.57. The number of rotatable bonds is 3. The second-order valence-electron chi connectivity index (χ2n) is 4.34. The molecule has 0 aliphatic rings. The van der Waals surface area contributed by atoms with Crippen LogP contribution in [0.5, 0.6) is 0 Å². The number of hydrogen-bond acceptors (Lipinski definition) is 4. The van der Waals surface area contributed by atoms with Crippen LogP contribution in [0.1, 0.15) is 23.0 Å². The number of anilines is 1. The van der Waals surface area contributed by atoms with Crippen LogP contribution >= 0.6 is 0 Å². The van der Waals surface area contributed by atoms with Gasteiger partial charge in [0.2, 0.25) is 0 Å². The molecule has 0 fully saturated rings. The quantitative estimate of drug-likeness (QED) is 0.454. The van der Waals surface area contributed by atoms with Crippen LogP contribution in [-0.4, -0.2) is 9.55 Å². The Kier molecular flexibility index (Phi) is 3.69. The maximum Gasteiger partial charge on any atom is 0.416 e. The zero-order valence-electron chi connectivity index (χ0n) is 10.6. The van der Waals surface area contributed by atoms with Crippen LogP contribution in [0.25, 0.3) is 0 Å². The summed E-state index contributed by atoms with van der Waals surface area (Å²) in [7, 11) is 1.72. The highest BCUT2D eigenvalue weighted by Crippen LogP contribution is 2.34. The Bertz CT molecular complexity index is 605. The lowest BCUT2D eigenvalue weighted by atomic mass is 10.0. The van der Waals surface area contributed by atoms with Gasteiger partial charge in [0.25, 0.3) is 0 Å². The number of halogens is 3. The summed E-state index contributed by atoms with van der Waals surface area (Å²) in [6, 6.07) is 2.41. The summed E-state index contributed by atoms with van der Waals surface area (Å²) in [5, 5.41) is 0. The van der Waals surface area contributed by atoms with Gasteiger partial charge in [-0.05, 0) is 18.2 Å². The van der Waals surface area contributed by atoms with Crippen molar-refractivity contribution in [2.24, 2.45) is 12.9 Å². The minimum Gasteiger partial charge on any atom is -0.398 e. The number of alkyl halides is 3. The third-order valence-corrected chi connectivity index (χ3v) is 3.01. The van der Waals surface area contributed by atoms with Crippen LogP contribution in [0.2, 0.25) is 0 Å². The fraction of sp³-hybridized carbons (Fsp3) is 0.250. The number of nitrogens with one attached hydrogen (secondary N) is 1. The Morgan fingerprint density at radius 1 is 1.35 bits per heavy atom. The van der Waals surface area contributed by atoms with E-state index in [0.717, 1.165) is 12.1 Å². The van der Waals surface area contributed by atoms with Gasteiger partial charge in [-0.3, -0.25) is 5.84 Å². The van der Waals surface area contributed by atoms with Gasteiger partial charge in [-0.25, -0.2) is 10.4 Å². The summed E-state index contributed by atoms with van der Waals surface area (Å²) < 4.78 is 40.0. The molecule has 1 unspecified atom stereocenters. The van der Waals surface area contributed by atoms with E-state index in [1.807, 2.05) is 0 Å². The molecule has 1 heterocycles. The van der Waals surface area contributed by atoms with Crippen molar-refractivity contribution in [3.05, 3.63) is 47.5 Å². The van der Waals surface area contributed by atoms with Crippen LogP contribution < -0.4 is 17.0 Å². The first-order valence-electron chi connectivity index (χ1n) is 5.74. The van der Waals surface area contributed by atoms with Crippen molar-refractivity contribution < 1.29 is 13.2 Å². The standard InChI is InChI=1S/C12H14F3N5/c1-20-5-4-18-11(20)10(19-17)8-6-7(12(13,14)15)2-3-9(8)16/h2-6,10,19H,16-17H2,1H3. The van der Waals surface area contributed by atoms with E-state index in [9.17, 15) is 13.2 Å². The van der Waals surface area contributed by atoms with E-state index in [1.165, 1.54) is 12.3 Å². The van der Waals surface area contributed by atoms with Gasteiger partial charge in [-0.1, -0.05) is 0 Å². The third-order valence-electron chi connectivity index (χ3n) is 3.01. The predicted molar refractivity (Wildman–Crippen MR) is 68.2 cm³/mol. The summed E-state index contributed by atoms with van der Waals surface area (Å²) in [5.41, 5.74) is 7.88. The maximum atomic E-state index is 12.8. The minimum absolute atomic E-state index is 0.212. The number of nitrogens with two attached hydrogens (primary N) is 2. The van der Waals surface area contributed by atoms with Crippen molar-refractivity contribution in [3.8, 4) is 0 Å². The molecule has 5 N–H and O–H groups in total. The molecule has 1 aromatic carbocycles. The molecule has 8 heteroatoms. The summed E-state index contributed by atoms with van der Waals surface area (Å²) >= 11 is 0. The van der Waals surface area contributed by atoms with Crippen LogP contribution in [-0.2, 0) is 13.2 Å². The lowest BCUT2D eigenvalue weighted by Gasteiger charge is -2.19. The average Bonchev–Trinajstić information content (AvgIpc) is 2.78. The number of hydrogen-bond donors (Lipinski definition) is 3. The Balaban J connectivity index is 2.52.